The summed E-state index contributed by atoms with van der Waals surface area (Å²) in [6.45, 7) is 2.09. The molecule has 0 fully saturated rings. The van der Waals surface area contributed by atoms with Crippen LogP contribution < -0.4 is 5.32 Å². The molecule has 0 aliphatic rings. The Balaban J connectivity index is 2.76. The molecule has 0 aromatic carbocycles. The van der Waals surface area contributed by atoms with Gasteiger partial charge in [0.25, 0.3) is 0 Å². The first kappa shape index (κ1) is 11.8. The summed E-state index contributed by atoms with van der Waals surface area (Å²) in [6, 6.07) is 1.79. The Labute approximate surface area is 96.6 Å². The second kappa shape index (κ2) is 5.53. The van der Waals surface area contributed by atoms with Gasteiger partial charge in [0, 0.05) is 6.20 Å². The molecule has 0 amide bonds. The summed E-state index contributed by atoms with van der Waals surface area (Å²) in [5, 5.41) is 12.7. The molecule has 0 aliphatic carbocycles. The Morgan fingerprint density at radius 2 is 2.43 bits per heavy atom. The normalized spacial score (nSPS) is 12.6. The number of pyridine rings is 1. The predicted octanol–water partition coefficient (Wildman–Crippen LogP) is 2.68. The van der Waals surface area contributed by atoms with E-state index in [4.69, 9.17) is 16.7 Å². The maximum atomic E-state index is 9.00. The molecule has 14 heavy (non-hydrogen) atoms. The quantitative estimate of drug-likeness (QED) is 0.891. The molecule has 78 valence electrons. The number of anilines is 1. The number of hydrogen-bond acceptors (Lipinski definition) is 3. The molecule has 0 radical (unpaired) electrons. The fourth-order valence-electron chi connectivity index (χ4n) is 0.991. The van der Waals surface area contributed by atoms with Crippen molar-refractivity contribution in [1.29, 1.82) is 0 Å². The average Bonchev–Trinajstić information content (AvgIpc) is 2.17. The van der Waals surface area contributed by atoms with Gasteiger partial charge in [-0.05, 0) is 28.4 Å². The topological polar surface area (TPSA) is 45.1 Å². The lowest BCUT2D eigenvalue weighted by atomic mass is 10.2. The van der Waals surface area contributed by atoms with Gasteiger partial charge in [0.1, 0.15) is 5.82 Å². The van der Waals surface area contributed by atoms with Crippen LogP contribution in [0.2, 0.25) is 5.02 Å². The van der Waals surface area contributed by atoms with Gasteiger partial charge in [-0.25, -0.2) is 4.98 Å². The highest BCUT2D eigenvalue weighted by atomic mass is 79.9. The van der Waals surface area contributed by atoms with Gasteiger partial charge in [-0.15, -0.1) is 0 Å². The van der Waals surface area contributed by atoms with Gasteiger partial charge in [0.05, 0.1) is 22.1 Å². The first-order valence-electron chi connectivity index (χ1n) is 4.35. The minimum Gasteiger partial charge on any atom is -0.394 e. The summed E-state index contributed by atoms with van der Waals surface area (Å²) in [7, 11) is 0. The van der Waals surface area contributed by atoms with Crippen LogP contribution in [0.1, 0.15) is 13.3 Å². The van der Waals surface area contributed by atoms with Crippen molar-refractivity contribution in [3.05, 3.63) is 21.8 Å². The number of nitrogens with one attached hydrogen (secondary N) is 1. The van der Waals surface area contributed by atoms with Crippen molar-refractivity contribution < 1.29 is 5.11 Å². The zero-order valence-electron chi connectivity index (χ0n) is 7.80. The minimum atomic E-state index is 0.0278. The van der Waals surface area contributed by atoms with Crippen molar-refractivity contribution in [3.8, 4) is 0 Å². The van der Waals surface area contributed by atoms with Gasteiger partial charge in [-0.2, -0.15) is 0 Å². The predicted molar refractivity (Wildman–Crippen MR) is 61.7 cm³/mol. The Morgan fingerprint density at radius 3 is 2.93 bits per heavy atom. The van der Waals surface area contributed by atoms with Gasteiger partial charge in [0.2, 0.25) is 0 Å². The number of aliphatic hydroxyl groups excluding tert-OH is 1. The van der Waals surface area contributed by atoms with E-state index >= 15 is 0 Å². The molecule has 1 aromatic rings. The van der Waals surface area contributed by atoms with Crippen LogP contribution in [-0.4, -0.2) is 22.7 Å². The van der Waals surface area contributed by atoms with Crippen LogP contribution >= 0.6 is 27.5 Å². The lowest BCUT2D eigenvalue weighted by molar-refractivity contribution is 0.271. The maximum Gasteiger partial charge on any atom is 0.140 e. The van der Waals surface area contributed by atoms with E-state index in [0.29, 0.717) is 10.8 Å². The van der Waals surface area contributed by atoms with Crippen molar-refractivity contribution in [2.75, 3.05) is 11.9 Å². The molecular weight excluding hydrogens is 267 g/mol. The molecule has 0 saturated carbocycles. The van der Waals surface area contributed by atoms with E-state index in [0.717, 1.165) is 10.9 Å². The number of nitrogens with zero attached hydrogens (tertiary/aromatic N) is 1. The van der Waals surface area contributed by atoms with Crippen LogP contribution in [0.3, 0.4) is 0 Å². The molecule has 2 N–H and O–H groups in total. The van der Waals surface area contributed by atoms with Crippen LogP contribution in [0, 0.1) is 0 Å². The number of rotatable bonds is 4. The molecule has 1 unspecified atom stereocenters. The summed E-state index contributed by atoms with van der Waals surface area (Å²) >= 11 is 9.09. The van der Waals surface area contributed by atoms with Crippen molar-refractivity contribution in [1.82, 2.24) is 4.98 Å². The summed E-state index contributed by atoms with van der Waals surface area (Å²) in [6.07, 6.45) is 2.41. The second-order valence-corrected chi connectivity index (χ2v) is 4.21. The van der Waals surface area contributed by atoms with Crippen LogP contribution in [0.4, 0.5) is 5.82 Å². The molecule has 1 aromatic heterocycles. The molecule has 0 bridgehead atoms. The Bertz CT molecular complexity index is 305. The van der Waals surface area contributed by atoms with E-state index in [2.05, 4.69) is 26.2 Å². The molecule has 0 saturated heterocycles. The van der Waals surface area contributed by atoms with Crippen molar-refractivity contribution in [2.45, 2.75) is 19.4 Å². The lowest BCUT2D eigenvalue weighted by Gasteiger charge is -2.15. The molecule has 1 atom stereocenters. The van der Waals surface area contributed by atoms with Crippen LogP contribution in [0.5, 0.6) is 0 Å². The SMILES string of the molecule is CCC(CO)Nc1ncc(Cl)cc1Br. The molecule has 1 rings (SSSR count). The zero-order valence-corrected chi connectivity index (χ0v) is 10.1. The summed E-state index contributed by atoms with van der Waals surface area (Å²) < 4.78 is 0.803. The molecule has 1 heterocycles. The average molecular weight is 280 g/mol. The third kappa shape index (κ3) is 3.12. The Morgan fingerprint density at radius 1 is 1.71 bits per heavy atom. The standard InChI is InChI=1S/C9H12BrClN2O/c1-2-7(5-14)13-9-8(10)3-6(11)4-12-9/h3-4,7,14H,2,5H2,1H3,(H,12,13). The highest BCUT2D eigenvalue weighted by molar-refractivity contribution is 9.10. The van der Waals surface area contributed by atoms with Crippen molar-refractivity contribution in [2.24, 2.45) is 0 Å². The highest BCUT2D eigenvalue weighted by Crippen LogP contribution is 2.23. The summed E-state index contributed by atoms with van der Waals surface area (Å²) in [5.74, 6) is 0.704. The molecule has 5 heteroatoms. The van der Waals surface area contributed by atoms with Crippen LogP contribution in [0.15, 0.2) is 16.7 Å². The fraction of sp³-hybridized carbons (Fsp3) is 0.444. The van der Waals surface area contributed by atoms with E-state index in [-0.39, 0.29) is 12.6 Å². The van der Waals surface area contributed by atoms with E-state index in [1.807, 2.05) is 6.92 Å². The first-order valence-corrected chi connectivity index (χ1v) is 5.53. The van der Waals surface area contributed by atoms with Crippen LogP contribution in [-0.2, 0) is 0 Å². The van der Waals surface area contributed by atoms with Gasteiger partial charge in [0.15, 0.2) is 0 Å². The van der Waals surface area contributed by atoms with Crippen molar-refractivity contribution >= 4 is 33.3 Å². The van der Waals surface area contributed by atoms with Gasteiger partial charge < -0.3 is 10.4 Å². The molecule has 3 nitrogen and oxygen atoms in total. The van der Waals surface area contributed by atoms with Crippen molar-refractivity contribution in [3.63, 3.8) is 0 Å². The Hall–Kier alpha value is -0.320. The lowest BCUT2D eigenvalue weighted by Crippen LogP contribution is -2.23. The highest BCUT2D eigenvalue weighted by Gasteiger charge is 2.07. The van der Waals surface area contributed by atoms with E-state index < -0.39 is 0 Å². The second-order valence-electron chi connectivity index (χ2n) is 2.92. The third-order valence-corrected chi connectivity index (χ3v) is 2.67. The maximum absolute atomic E-state index is 9.00. The van der Waals surface area contributed by atoms with Gasteiger partial charge in [-0.1, -0.05) is 18.5 Å². The smallest absolute Gasteiger partial charge is 0.140 e. The van der Waals surface area contributed by atoms with Gasteiger partial charge >= 0.3 is 0 Å². The molecule has 0 aliphatic heterocycles. The third-order valence-electron chi connectivity index (χ3n) is 1.86. The minimum absolute atomic E-state index is 0.0278. The number of hydrogen-bond donors (Lipinski definition) is 2. The fourth-order valence-corrected chi connectivity index (χ4v) is 1.74. The first-order chi connectivity index (χ1) is 6.67. The van der Waals surface area contributed by atoms with E-state index in [9.17, 15) is 0 Å². The zero-order chi connectivity index (χ0) is 10.6. The number of aliphatic hydroxyl groups is 1. The molecule has 0 spiro atoms. The van der Waals surface area contributed by atoms with Gasteiger partial charge in [-0.3, -0.25) is 0 Å². The van der Waals surface area contributed by atoms with E-state index in [1.54, 1.807) is 12.3 Å². The number of aromatic nitrogens is 1. The summed E-state index contributed by atoms with van der Waals surface area (Å²) in [4.78, 5) is 4.11. The molecular formula is C9H12BrClN2O. The van der Waals surface area contributed by atoms with E-state index in [1.165, 1.54) is 0 Å². The van der Waals surface area contributed by atoms with Crippen LogP contribution in [0.25, 0.3) is 0 Å². The summed E-state index contributed by atoms with van der Waals surface area (Å²) in [5.41, 5.74) is 0. The number of halogens is 2. The largest absolute Gasteiger partial charge is 0.394 e. The monoisotopic (exact) mass is 278 g/mol. The Kier molecular flexibility index (Phi) is 4.65.